The first-order valence-electron chi connectivity index (χ1n) is 7.97. The van der Waals surface area contributed by atoms with Crippen LogP contribution in [0.4, 0.5) is 0 Å². The van der Waals surface area contributed by atoms with Crippen molar-refractivity contribution < 1.29 is 9.53 Å². The smallest absolute Gasteiger partial charge is 0.237 e. The zero-order valence-electron chi connectivity index (χ0n) is 12.1. The van der Waals surface area contributed by atoms with Crippen molar-refractivity contribution in [2.24, 2.45) is 5.92 Å². The first kappa shape index (κ1) is 16.1. The van der Waals surface area contributed by atoms with Crippen molar-refractivity contribution in [2.45, 2.75) is 69.5 Å². The molecule has 20 heavy (non-hydrogen) atoms. The zero-order valence-corrected chi connectivity index (χ0v) is 12.9. The molecule has 4 atom stereocenters. The summed E-state index contributed by atoms with van der Waals surface area (Å²) >= 11 is 0. The number of hydrogen-bond acceptors (Lipinski definition) is 3. The lowest BCUT2D eigenvalue weighted by atomic mass is 9.85. The van der Waals surface area contributed by atoms with Crippen LogP contribution in [0.1, 0.15) is 51.4 Å². The van der Waals surface area contributed by atoms with Gasteiger partial charge >= 0.3 is 0 Å². The highest BCUT2D eigenvalue weighted by molar-refractivity contribution is 5.85. The summed E-state index contributed by atoms with van der Waals surface area (Å²) in [5, 5.41) is 6.78. The number of ether oxygens (including phenoxy) is 1. The summed E-state index contributed by atoms with van der Waals surface area (Å²) in [6, 6.07) is 0.971. The molecule has 3 rings (SSSR count). The van der Waals surface area contributed by atoms with Gasteiger partial charge in [-0.3, -0.25) is 4.79 Å². The average Bonchev–Trinajstić information content (AvgIpc) is 2.70. The topological polar surface area (TPSA) is 50.4 Å². The number of hydrogen-bond donors (Lipinski definition) is 2. The molecule has 0 spiro atoms. The molecule has 3 aliphatic rings. The van der Waals surface area contributed by atoms with Crippen LogP contribution >= 0.6 is 12.4 Å². The average molecular weight is 303 g/mol. The van der Waals surface area contributed by atoms with Gasteiger partial charge in [-0.15, -0.1) is 12.4 Å². The van der Waals surface area contributed by atoms with Crippen molar-refractivity contribution in [3.63, 3.8) is 0 Å². The highest BCUT2D eigenvalue weighted by Gasteiger charge is 2.38. The second-order valence-electron chi connectivity index (χ2n) is 6.35. The zero-order chi connectivity index (χ0) is 13.1. The predicted molar refractivity (Wildman–Crippen MR) is 81.1 cm³/mol. The number of fused-ring (bicyclic) bond motifs is 1. The monoisotopic (exact) mass is 302 g/mol. The third-order valence-electron chi connectivity index (χ3n) is 4.98. The molecule has 4 unspecified atom stereocenters. The molecular weight excluding hydrogens is 276 g/mol. The molecule has 5 heteroatoms. The number of carbonyl (C=O) groups excluding carboxylic acids is 1. The van der Waals surface area contributed by atoms with E-state index >= 15 is 0 Å². The number of amides is 1. The Kier molecular flexibility index (Phi) is 6.12. The highest BCUT2D eigenvalue weighted by atomic mass is 35.5. The maximum Gasteiger partial charge on any atom is 0.237 e. The number of nitrogens with one attached hydrogen (secondary N) is 2. The summed E-state index contributed by atoms with van der Waals surface area (Å²) in [7, 11) is 0. The molecule has 116 valence electrons. The summed E-state index contributed by atoms with van der Waals surface area (Å²) in [4.78, 5) is 12.4. The van der Waals surface area contributed by atoms with E-state index in [9.17, 15) is 4.79 Å². The third-order valence-corrected chi connectivity index (χ3v) is 4.98. The molecule has 0 aromatic rings. The first-order valence-corrected chi connectivity index (χ1v) is 7.97. The second-order valence-corrected chi connectivity index (χ2v) is 6.35. The maximum absolute atomic E-state index is 12.4. The highest BCUT2D eigenvalue weighted by Crippen LogP contribution is 2.33. The fourth-order valence-electron chi connectivity index (χ4n) is 3.87. The summed E-state index contributed by atoms with van der Waals surface area (Å²) in [5.74, 6) is 0.961. The molecule has 4 nitrogen and oxygen atoms in total. The van der Waals surface area contributed by atoms with Crippen LogP contribution < -0.4 is 10.6 Å². The van der Waals surface area contributed by atoms with Crippen molar-refractivity contribution in [2.75, 3.05) is 13.2 Å². The number of rotatable bonds is 2. The standard InChI is InChI=1S/C15H26N2O2.ClH/c18-15(16-12-5-3-8-19-9-7-12)14-10-11-4-1-2-6-13(11)17-14;/h11-14,17H,1-10H2,(H,16,18);1H. The Morgan fingerprint density at radius 1 is 1.05 bits per heavy atom. The molecule has 2 aliphatic heterocycles. The largest absolute Gasteiger partial charge is 0.381 e. The van der Waals surface area contributed by atoms with E-state index in [0.717, 1.165) is 44.8 Å². The van der Waals surface area contributed by atoms with Crippen LogP contribution in [-0.4, -0.2) is 37.2 Å². The van der Waals surface area contributed by atoms with Gasteiger partial charge in [-0.25, -0.2) is 0 Å². The lowest BCUT2D eigenvalue weighted by molar-refractivity contribution is -0.123. The Morgan fingerprint density at radius 2 is 1.90 bits per heavy atom. The van der Waals surface area contributed by atoms with Crippen LogP contribution in [0.25, 0.3) is 0 Å². The van der Waals surface area contributed by atoms with Gasteiger partial charge in [0, 0.05) is 25.3 Å². The molecule has 0 aromatic carbocycles. The van der Waals surface area contributed by atoms with Crippen molar-refractivity contribution >= 4 is 18.3 Å². The van der Waals surface area contributed by atoms with E-state index in [4.69, 9.17) is 4.74 Å². The molecule has 2 heterocycles. The van der Waals surface area contributed by atoms with Crippen LogP contribution in [0.5, 0.6) is 0 Å². The van der Waals surface area contributed by atoms with Gasteiger partial charge in [-0.05, 0) is 44.4 Å². The summed E-state index contributed by atoms with van der Waals surface area (Å²) in [5.41, 5.74) is 0. The van der Waals surface area contributed by atoms with Gasteiger partial charge in [-0.1, -0.05) is 12.8 Å². The van der Waals surface area contributed by atoms with Gasteiger partial charge in [0.15, 0.2) is 0 Å². The van der Waals surface area contributed by atoms with Crippen LogP contribution in [0.15, 0.2) is 0 Å². The van der Waals surface area contributed by atoms with E-state index in [-0.39, 0.29) is 24.4 Å². The molecular formula is C15H27ClN2O2. The summed E-state index contributed by atoms with van der Waals surface area (Å²) < 4.78 is 5.44. The number of carbonyl (C=O) groups is 1. The van der Waals surface area contributed by atoms with E-state index < -0.39 is 0 Å². The second kappa shape index (κ2) is 7.62. The molecule has 3 fully saturated rings. The van der Waals surface area contributed by atoms with Crippen LogP contribution in [0, 0.1) is 5.92 Å². The Balaban J connectivity index is 0.00000147. The lowest BCUT2D eigenvalue weighted by Crippen LogP contribution is -2.46. The molecule has 1 saturated carbocycles. The molecule has 1 aliphatic carbocycles. The number of halogens is 1. The SMILES string of the molecule is Cl.O=C(NC1CCCOCC1)C1CC2CCCCC2N1. The van der Waals surface area contributed by atoms with Crippen LogP contribution in [0.2, 0.25) is 0 Å². The fraction of sp³-hybridized carbons (Fsp3) is 0.933. The molecule has 0 radical (unpaired) electrons. The minimum Gasteiger partial charge on any atom is -0.381 e. The van der Waals surface area contributed by atoms with Crippen molar-refractivity contribution in [1.82, 2.24) is 10.6 Å². The predicted octanol–water partition coefficient (Wildman–Crippen LogP) is 2.01. The molecule has 0 bridgehead atoms. The van der Waals surface area contributed by atoms with Gasteiger partial charge in [0.05, 0.1) is 6.04 Å². The first-order chi connectivity index (χ1) is 9.33. The molecule has 0 aromatic heterocycles. The molecule has 2 N–H and O–H groups in total. The van der Waals surface area contributed by atoms with Gasteiger partial charge < -0.3 is 15.4 Å². The van der Waals surface area contributed by atoms with E-state index in [0.29, 0.717) is 12.1 Å². The molecule has 1 amide bonds. The van der Waals surface area contributed by atoms with Gasteiger partial charge in [0.25, 0.3) is 0 Å². The van der Waals surface area contributed by atoms with Crippen molar-refractivity contribution in [1.29, 1.82) is 0 Å². The van der Waals surface area contributed by atoms with E-state index in [1.54, 1.807) is 0 Å². The van der Waals surface area contributed by atoms with Gasteiger partial charge in [0.2, 0.25) is 5.91 Å². The Morgan fingerprint density at radius 3 is 2.75 bits per heavy atom. The van der Waals surface area contributed by atoms with E-state index in [1.807, 2.05) is 0 Å². The quantitative estimate of drug-likeness (QED) is 0.820. The van der Waals surface area contributed by atoms with Crippen molar-refractivity contribution in [3.8, 4) is 0 Å². The fourth-order valence-corrected chi connectivity index (χ4v) is 3.87. The Labute approximate surface area is 127 Å². The van der Waals surface area contributed by atoms with Crippen molar-refractivity contribution in [3.05, 3.63) is 0 Å². The Hall–Kier alpha value is -0.320. The minimum absolute atomic E-state index is 0. The lowest BCUT2D eigenvalue weighted by Gasteiger charge is -2.24. The minimum atomic E-state index is 0. The maximum atomic E-state index is 12.4. The van der Waals surface area contributed by atoms with Gasteiger partial charge in [0.1, 0.15) is 0 Å². The van der Waals surface area contributed by atoms with Crippen LogP contribution in [-0.2, 0) is 9.53 Å². The van der Waals surface area contributed by atoms with Gasteiger partial charge in [-0.2, -0.15) is 0 Å². The summed E-state index contributed by atoms with van der Waals surface area (Å²) in [6.45, 7) is 1.63. The normalized spacial score (nSPS) is 37.4. The third kappa shape index (κ3) is 3.86. The van der Waals surface area contributed by atoms with Crippen LogP contribution in [0.3, 0.4) is 0 Å². The summed E-state index contributed by atoms with van der Waals surface area (Å²) in [6.07, 6.45) is 9.36. The Bertz CT molecular complexity index is 305. The van der Waals surface area contributed by atoms with E-state index in [2.05, 4.69) is 10.6 Å². The molecule has 2 saturated heterocycles. The van der Waals surface area contributed by atoms with E-state index in [1.165, 1.54) is 25.7 Å².